The number of hydrogen-bond donors (Lipinski definition) is 1. The summed E-state index contributed by atoms with van der Waals surface area (Å²) < 4.78 is 7.16. The van der Waals surface area contributed by atoms with E-state index < -0.39 is 0 Å². The van der Waals surface area contributed by atoms with Gasteiger partial charge in [-0.1, -0.05) is 5.21 Å². The fourth-order valence-corrected chi connectivity index (χ4v) is 1.77. The largest absolute Gasteiger partial charge is 0.457 e. The van der Waals surface area contributed by atoms with E-state index in [2.05, 4.69) is 31.6 Å². The predicted octanol–water partition coefficient (Wildman–Crippen LogP) is 1.45. The molecule has 0 radical (unpaired) electrons. The summed E-state index contributed by atoms with van der Waals surface area (Å²) in [6, 6.07) is 1.62. The van der Waals surface area contributed by atoms with Crippen LogP contribution in [0.15, 0.2) is 33.8 Å². The van der Waals surface area contributed by atoms with Crippen LogP contribution in [-0.2, 0) is 6.54 Å². The molecule has 0 aliphatic heterocycles. The van der Waals surface area contributed by atoms with Crippen LogP contribution in [-0.4, -0.2) is 27.4 Å². The van der Waals surface area contributed by atoms with Crippen molar-refractivity contribution >= 4 is 21.8 Å². The van der Waals surface area contributed by atoms with Gasteiger partial charge < -0.3 is 9.73 Å². The molecule has 0 saturated heterocycles. The molecule has 90 valence electrons. The lowest BCUT2D eigenvalue weighted by Crippen LogP contribution is -2.25. The molecule has 0 aliphatic carbocycles. The van der Waals surface area contributed by atoms with E-state index in [0.29, 0.717) is 16.8 Å². The molecule has 2 aromatic rings. The van der Waals surface area contributed by atoms with Gasteiger partial charge in [0.1, 0.15) is 0 Å². The molecule has 0 aromatic carbocycles. The van der Waals surface area contributed by atoms with Crippen LogP contribution < -0.4 is 5.32 Å². The molecule has 7 heteroatoms. The van der Waals surface area contributed by atoms with Gasteiger partial charge >= 0.3 is 0 Å². The minimum atomic E-state index is -0.149. The maximum Gasteiger partial charge on any atom is 0.255 e. The third-order valence-electron chi connectivity index (χ3n) is 2.18. The monoisotopic (exact) mass is 298 g/mol. The van der Waals surface area contributed by atoms with Gasteiger partial charge in [-0.15, -0.1) is 5.10 Å². The van der Waals surface area contributed by atoms with Crippen molar-refractivity contribution in [3.05, 3.63) is 35.0 Å². The molecule has 0 spiro atoms. The maximum atomic E-state index is 11.7. The van der Waals surface area contributed by atoms with E-state index in [1.54, 1.807) is 23.1 Å². The van der Waals surface area contributed by atoms with Crippen molar-refractivity contribution in [2.24, 2.45) is 0 Å². The van der Waals surface area contributed by atoms with E-state index in [0.717, 1.165) is 13.0 Å². The number of halogens is 1. The number of aryl methyl sites for hydroxylation is 1. The zero-order valence-electron chi connectivity index (χ0n) is 8.97. The van der Waals surface area contributed by atoms with Crippen LogP contribution in [0.4, 0.5) is 0 Å². The number of nitrogens with one attached hydrogen (secondary N) is 1. The van der Waals surface area contributed by atoms with Crippen LogP contribution in [0.5, 0.6) is 0 Å². The molecule has 0 unspecified atom stereocenters. The lowest BCUT2D eigenvalue weighted by atomic mass is 10.3. The SMILES string of the molecule is O=C(NCCCn1ccnn1)c1ccoc1Br. The van der Waals surface area contributed by atoms with Crippen molar-refractivity contribution in [2.75, 3.05) is 6.54 Å². The molecule has 2 aromatic heterocycles. The summed E-state index contributed by atoms with van der Waals surface area (Å²) in [4.78, 5) is 11.7. The summed E-state index contributed by atoms with van der Waals surface area (Å²) >= 11 is 3.16. The number of furan rings is 1. The molecule has 1 amide bonds. The van der Waals surface area contributed by atoms with Crippen LogP contribution in [0.3, 0.4) is 0 Å². The topological polar surface area (TPSA) is 73.0 Å². The van der Waals surface area contributed by atoms with Gasteiger partial charge in [-0.3, -0.25) is 9.48 Å². The molecule has 0 bridgehead atoms. The lowest BCUT2D eigenvalue weighted by Gasteiger charge is -2.03. The molecule has 0 atom stereocenters. The van der Waals surface area contributed by atoms with Gasteiger partial charge in [0.05, 0.1) is 18.0 Å². The molecular formula is C10H11BrN4O2. The molecule has 1 N–H and O–H groups in total. The van der Waals surface area contributed by atoms with Crippen LogP contribution >= 0.6 is 15.9 Å². The number of hydrogen-bond acceptors (Lipinski definition) is 4. The third kappa shape index (κ3) is 3.16. The van der Waals surface area contributed by atoms with Gasteiger partial charge in [0.15, 0.2) is 4.67 Å². The average molecular weight is 299 g/mol. The van der Waals surface area contributed by atoms with Gasteiger partial charge in [0.25, 0.3) is 5.91 Å². The Morgan fingerprint density at radius 2 is 2.47 bits per heavy atom. The number of aromatic nitrogens is 3. The highest BCUT2D eigenvalue weighted by molar-refractivity contribution is 9.10. The average Bonchev–Trinajstić information content (AvgIpc) is 2.95. The highest BCUT2D eigenvalue weighted by Crippen LogP contribution is 2.16. The summed E-state index contributed by atoms with van der Waals surface area (Å²) in [5, 5.41) is 10.3. The second-order valence-electron chi connectivity index (χ2n) is 3.38. The van der Waals surface area contributed by atoms with Gasteiger partial charge in [-0.2, -0.15) is 0 Å². The van der Waals surface area contributed by atoms with Crippen LogP contribution in [0.2, 0.25) is 0 Å². The fraction of sp³-hybridized carbons (Fsp3) is 0.300. The number of rotatable bonds is 5. The predicted molar refractivity (Wildman–Crippen MR) is 63.4 cm³/mol. The second kappa shape index (κ2) is 5.62. The van der Waals surface area contributed by atoms with Gasteiger partial charge in [-0.05, 0) is 28.4 Å². The summed E-state index contributed by atoms with van der Waals surface area (Å²) in [6.45, 7) is 1.31. The summed E-state index contributed by atoms with van der Waals surface area (Å²) in [6.07, 6.45) is 5.68. The Kier molecular flexibility index (Phi) is 3.92. The molecule has 2 heterocycles. The van der Waals surface area contributed by atoms with Gasteiger partial charge in [-0.25, -0.2) is 0 Å². The molecular weight excluding hydrogens is 288 g/mol. The van der Waals surface area contributed by atoms with Gasteiger partial charge in [0.2, 0.25) is 0 Å². The molecule has 0 saturated carbocycles. The van der Waals surface area contributed by atoms with E-state index in [9.17, 15) is 4.79 Å². The lowest BCUT2D eigenvalue weighted by molar-refractivity contribution is 0.0951. The van der Waals surface area contributed by atoms with Crippen molar-refractivity contribution < 1.29 is 9.21 Å². The third-order valence-corrected chi connectivity index (χ3v) is 2.80. The fourth-order valence-electron chi connectivity index (χ4n) is 1.35. The van der Waals surface area contributed by atoms with E-state index in [-0.39, 0.29) is 5.91 Å². The van der Waals surface area contributed by atoms with Crippen molar-refractivity contribution in [2.45, 2.75) is 13.0 Å². The highest BCUT2D eigenvalue weighted by Gasteiger charge is 2.11. The minimum absolute atomic E-state index is 0.149. The first kappa shape index (κ1) is 11.8. The Bertz CT molecular complexity index is 480. The first-order valence-corrected chi connectivity index (χ1v) is 5.92. The quantitative estimate of drug-likeness (QED) is 0.848. The molecule has 0 fully saturated rings. The van der Waals surface area contributed by atoms with Crippen LogP contribution in [0.25, 0.3) is 0 Å². The Morgan fingerprint density at radius 1 is 1.59 bits per heavy atom. The zero-order valence-corrected chi connectivity index (χ0v) is 10.6. The summed E-state index contributed by atoms with van der Waals surface area (Å²) in [5.74, 6) is -0.149. The van der Waals surface area contributed by atoms with Crippen LogP contribution in [0.1, 0.15) is 16.8 Å². The Balaban J connectivity index is 1.72. The Hall–Kier alpha value is -1.63. The Labute approximate surface area is 106 Å². The van der Waals surface area contributed by atoms with Crippen molar-refractivity contribution in [1.82, 2.24) is 20.3 Å². The van der Waals surface area contributed by atoms with Crippen molar-refractivity contribution in [3.63, 3.8) is 0 Å². The van der Waals surface area contributed by atoms with Gasteiger partial charge in [0, 0.05) is 19.3 Å². The van der Waals surface area contributed by atoms with E-state index in [1.807, 2.05) is 0 Å². The standard InChI is InChI=1S/C10H11BrN4O2/c11-9-8(2-7-17-9)10(16)12-3-1-5-15-6-4-13-14-15/h2,4,6-7H,1,3,5H2,(H,12,16). The van der Waals surface area contributed by atoms with E-state index >= 15 is 0 Å². The minimum Gasteiger partial charge on any atom is -0.457 e. The van der Waals surface area contributed by atoms with E-state index in [1.165, 1.54) is 6.26 Å². The number of amides is 1. The van der Waals surface area contributed by atoms with E-state index in [4.69, 9.17) is 4.42 Å². The number of nitrogens with zero attached hydrogens (tertiary/aromatic N) is 3. The van der Waals surface area contributed by atoms with Crippen molar-refractivity contribution in [3.8, 4) is 0 Å². The highest BCUT2D eigenvalue weighted by atomic mass is 79.9. The summed E-state index contributed by atoms with van der Waals surface area (Å²) in [7, 11) is 0. The number of carbonyl (C=O) groups is 1. The molecule has 17 heavy (non-hydrogen) atoms. The van der Waals surface area contributed by atoms with Crippen molar-refractivity contribution in [1.29, 1.82) is 0 Å². The van der Waals surface area contributed by atoms with Crippen LogP contribution in [0, 0.1) is 0 Å². The second-order valence-corrected chi connectivity index (χ2v) is 4.10. The molecule has 0 aliphatic rings. The summed E-state index contributed by atoms with van der Waals surface area (Å²) in [5.41, 5.74) is 0.505. The molecule has 2 rings (SSSR count). The maximum absolute atomic E-state index is 11.7. The Morgan fingerprint density at radius 3 is 3.12 bits per heavy atom. The number of carbonyl (C=O) groups excluding carboxylic acids is 1. The smallest absolute Gasteiger partial charge is 0.255 e. The molecule has 6 nitrogen and oxygen atoms in total. The zero-order chi connectivity index (χ0) is 12.1. The normalized spacial score (nSPS) is 10.4. The first-order valence-electron chi connectivity index (χ1n) is 5.12. The first-order chi connectivity index (χ1) is 8.27.